The van der Waals surface area contributed by atoms with E-state index in [9.17, 15) is 9.18 Å². The van der Waals surface area contributed by atoms with Gasteiger partial charge in [-0.3, -0.25) is 4.79 Å². The van der Waals surface area contributed by atoms with Gasteiger partial charge in [0.25, 0.3) is 0 Å². The molecule has 2 aromatic carbocycles. The van der Waals surface area contributed by atoms with Crippen molar-refractivity contribution in [3.8, 4) is 0 Å². The molecule has 0 fully saturated rings. The summed E-state index contributed by atoms with van der Waals surface area (Å²) in [6.45, 7) is 1.78. The first kappa shape index (κ1) is 12.8. The van der Waals surface area contributed by atoms with Crippen LogP contribution in [0.3, 0.4) is 0 Å². The van der Waals surface area contributed by atoms with E-state index in [0.29, 0.717) is 15.7 Å². The fraction of sp³-hybridized carbons (Fsp3) is 0.0714. The Morgan fingerprint density at radius 3 is 2.61 bits per heavy atom. The largest absolute Gasteiger partial charge is 0.399 e. The lowest BCUT2D eigenvalue weighted by atomic mass is 9.98. The number of hydrogen-bond acceptors (Lipinski definition) is 2. The zero-order valence-electron chi connectivity index (χ0n) is 9.71. The third-order valence-electron chi connectivity index (χ3n) is 2.68. The summed E-state index contributed by atoms with van der Waals surface area (Å²) in [5.74, 6) is -0.886. The second-order valence-corrected chi connectivity index (χ2v) is 4.85. The molecule has 0 atom stereocenters. The van der Waals surface area contributed by atoms with Crippen molar-refractivity contribution in [2.45, 2.75) is 6.92 Å². The molecule has 2 N–H and O–H groups in total. The number of ketones is 1. The van der Waals surface area contributed by atoms with Crippen molar-refractivity contribution in [1.29, 1.82) is 0 Å². The summed E-state index contributed by atoms with van der Waals surface area (Å²) in [6.07, 6.45) is 0. The SMILES string of the molecule is Cc1cc(N)ccc1C(=O)c1c(F)cccc1Br. The van der Waals surface area contributed by atoms with E-state index in [2.05, 4.69) is 15.9 Å². The van der Waals surface area contributed by atoms with Gasteiger partial charge in [0.05, 0.1) is 5.56 Å². The molecule has 0 unspecified atom stereocenters. The number of benzene rings is 2. The molecule has 0 spiro atoms. The van der Waals surface area contributed by atoms with Gasteiger partial charge in [0, 0.05) is 15.7 Å². The van der Waals surface area contributed by atoms with Crippen LogP contribution in [0.25, 0.3) is 0 Å². The zero-order chi connectivity index (χ0) is 13.3. The molecule has 92 valence electrons. The van der Waals surface area contributed by atoms with E-state index in [-0.39, 0.29) is 11.3 Å². The van der Waals surface area contributed by atoms with Crippen LogP contribution in [0.15, 0.2) is 40.9 Å². The van der Waals surface area contributed by atoms with Gasteiger partial charge < -0.3 is 5.73 Å². The van der Waals surface area contributed by atoms with Crippen LogP contribution >= 0.6 is 15.9 Å². The Labute approximate surface area is 113 Å². The maximum Gasteiger partial charge on any atom is 0.197 e. The second-order valence-electron chi connectivity index (χ2n) is 4.00. The van der Waals surface area contributed by atoms with Gasteiger partial charge in [-0.15, -0.1) is 0 Å². The third kappa shape index (κ3) is 2.29. The average Bonchev–Trinajstić information content (AvgIpc) is 2.28. The van der Waals surface area contributed by atoms with Crippen LogP contribution in [0.5, 0.6) is 0 Å². The number of anilines is 1. The van der Waals surface area contributed by atoms with E-state index in [1.165, 1.54) is 6.07 Å². The minimum atomic E-state index is -0.536. The zero-order valence-corrected chi connectivity index (χ0v) is 11.3. The number of rotatable bonds is 2. The molecule has 0 radical (unpaired) electrons. The minimum Gasteiger partial charge on any atom is -0.399 e. The first-order chi connectivity index (χ1) is 8.50. The van der Waals surface area contributed by atoms with E-state index >= 15 is 0 Å². The van der Waals surface area contributed by atoms with E-state index in [4.69, 9.17) is 5.73 Å². The standard InChI is InChI=1S/C14H11BrFNO/c1-8-7-9(17)5-6-10(8)14(18)13-11(15)3-2-4-12(13)16/h2-7H,17H2,1H3. The fourth-order valence-corrected chi connectivity index (χ4v) is 2.31. The molecule has 0 amide bonds. The van der Waals surface area contributed by atoms with Crippen molar-refractivity contribution in [1.82, 2.24) is 0 Å². The van der Waals surface area contributed by atoms with Gasteiger partial charge in [0.1, 0.15) is 5.82 Å². The first-order valence-electron chi connectivity index (χ1n) is 5.35. The normalized spacial score (nSPS) is 10.4. The molecule has 4 heteroatoms. The van der Waals surface area contributed by atoms with Crippen molar-refractivity contribution in [2.24, 2.45) is 0 Å². The molecule has 0 aliphatic rings. The maximum absolute atomic E-state index is 13.7. The van der Waals surface area contributed by atoms with E-state index in [1.54, 1.807) is 37.3 Å². The van der Waals surface area contributed by atoms with E-state index < -0.39 is 5.82 Å². The average molecular weight is 308 g/mol. The summed E-state index contributed by atoms with van der Waals surface area (Å²) in [5.41, 5.74) is 7.44. The van der Waals surface area contributed by atoms with E-state index in [1.807, 2.05) is 0 Å². The minimum absolute atomic E-state index is 0.0466. The molecule has 0 aromatic heterocycles. The highest BCUT2D eigenvalue weighted by Gasteiger charge is 2.18. The predicted molar refractivity (Wildman–Crippen MR) is 73.1 cm³/mol. The van der Waals surface area contributed by atoms with Crippen LogP contribution in [-0.4, -0.2) is 5.78 Å². The molecule has 2 aromatic rings. The maximum atomic E-state index is 13.7. The molecular formula is C14H11BrFNO. The highest BCUT2D eigenvalue weighted by Crippen LogP contribution is 2.24. The topological polar surface area (TPSA) is 43.1 Å². The van der Waals surface area contributed by atoms with Gasteiger partial charge in [0.2, 0.25) is 0 Å². The lowest BCUT2D eigenvalue weighted by Crippen LogP contribution is -2.07. The summed E-state index contributed by atoms with van der Waals surface area (Å²) in [5, 5.41) is 0. The molecule has 0 bridgehead atoms. The number of carbonyl (C=O) groups excluding carboxylic acids is 1. The number of carbonyl (C=O) groups is 1. The first-order valence-corrected chi connectivity index (χ1v) is 6.15. The smallest absolute Gasteiger partial charge is 0.197 e. The Balaban J connectivity index is 2.55. The van der Waals surface area contributed by atoms with Gasteiger partial charge in [0.15, 0.2) is 5.78 Å². The summed E-state index contributed by atoms with van der Waals surface area (Å²) in [6, 6.07) is 9.41. The quantitative estimate of drug-likeness (QED) is 0.679. The Bertz CT molecular complexity index is 605. The Morgan fingerprint density at radius 2 is 2.00 bits per heavy atom. The number of nitrogen functional groups attached to an aromatic ring is 1. The van der Waals surface area contributed by atoms with Gasteiger partial charge >= 0.3 is 0 Å². The van der Waals surface area contributed by atoms with Crippen LogP contribution < -0.4 is 5.73 Å². The lowest BCUT2D eigenvalue weighted by Gasteiger charge is -2.08. The lowest BCUT2D eigenvalue weighted by molar-refractivity contribution is 0.103. The molecular weight excluding hydrogens is 297 g/mol. The van der Waals surface area contributed by atoms with E-state index in [0.717, 1.165) is 5.56 Å². The van der Waals surface area contributed by atoms with Gasteiger partial charge in [-0.2, -0.15) is 0 Å². The second kappa shape index (κ2) is 4.90. The number of nitrogens with two attached hydrogens (primary N) is 1. The van der Waals surface area contributed by atoms with Gasteiger partial charge in [-0.1, -0.05) is 6.07 Å². The molecule has 0 saturated heterocycles. The highest BCUT2D eigenvalue weighted by molar-refractivity contribution is 9.10. The van der Waals surface area contributed by atoms with Crippen LogP contribution in [0.4, 0.5) is 10.1 Å². The molecule has 0 aliphatic carbocycles. The van der Waals surface area contributed by atoms with Crippen LogP contribution in [0.2, 0.25) is 0 Å². The Morgan fingerprint density at radius 1 is 1.28 bits per heavy atom. The molecule has 2 nitrogen and oxygen atoms in total. The molecule has 18 heavy (non-hydrogen) atoms. The molecule has 2 rings (SSSR count). The fourth-order valence-electron chi connectivity index (χ4n) is 1.79. The van der Waals surface area contributed by atoms with Crippen LogP contribution in [0, 0.1) is 12.7 Å². The molecule has 0 heterocycles. The molecule has 0 aliphatic heterocycles. The van der Waals surface area contributed by atoms with Crippen LogP contribution in [0.1, 0.15) is 21.5 Å². The highest BCUT2D eigenvalue weighted by atomic mass is 79.9. The van der Waals surface area contributed by atoms with Gasteiger partial charge in [-0.25, -0.2) is 4.39 Å². The summed E-state index contributed by atoms with van der Waals surface area (Å²) >= 11 is 3.20. The Hall–Kier alpha value is -1.68. The monoisotopic (exact) mass is 307 g/mol. The number of aryl methyl sites for hydroxylation is 1. The predicted octanol–water partition coefficient (Wildman–Crippen LogP) is 3.71. The summed E-state index contributed by atoms with van der Waals surface area (Å²) < 4.78 is 14.2. The number of hydrogen-bond donors (Lipinski definition) is 1. The van der Waals surface area contributed by atoms with Crippen molar-refractivity contribution in [3.63, 3.8) is 0 Å². The van der Waals surface area contributed by atoms with Crippen molar-refractivity contribution < 1.29 is 9.18 Å². The van der Waals surface area contributed by atoms with Crippen molar-refractivity contribution >= 4 is 27.4 Å². The Kier molecular flexibility index (Phi) is 3.48. The molecule has 0 saturated carbocycles. The van der Waals surface area contributed by atoms with Crippen LogP contribution in [-0.2, 0) is 0 Å². The van der Waals surface area contributed by atoms with Crippen molar-refractivity contribution in [2.75, 3.05) is 5.73 Å². The van der Waals surface area contributed by atoms with Gasteiger partial charge in [-0.05, 0) is 58.7 Å². The summed E-state index contributed by atoms with van der Waals surface area (Å²) in [7, 11) is 0. The number of halogens is 2. The summed E-state index contributed by atoms with van der Waals surface area (Å²) in [4.78, 5) is 12.3. The third-order valence-corrected chi connectivity index (χ3v) is 3.35. The van der Waals surface area contributed by atoms with Crippen molar-refractivity contribution in [3.05, 3.63) is 63.4 Å².